The van der Waals surface area contributed by atoms with E-state index in [1.165, 1.54) is 28.1 Å². The predicted molar refractivity (Wildman–Crippen MR) is 117 cm³/mol. The summed E-state index contributed by atoms with van der Waals surface area (Å²) in [4.78, 5) is 4.97. The molecule has 0 aromatic heterocycles. The second-order valence-corrected chi connectivity index (χ2v) is 7.58. The van der Waals surface area contributed by atoms with Crippen molar-refractivity contribution in [3.05, 3.63) is 95.6 Å². The zero-order chi connectivity index (χ0) is 19.3. The van der Waals surface area contributed by atoms with Crippen LogP contribution >= 0.6 is 0 Å². The molecule has 0 radical (unpaired) electrons. The summed E-state index contributed by atoms with van der Waals surface area (Å²) in [7, 11) is 1.80. The molecule has 144 valence electrons. The highest BCUT2D eigenvalue weighted by Gasteiger charge is 2.30. The molecule has 1 aliphatic rings. The van der Waals surface area contributed by atoms with Crippen LogP contribution in [-0.4, -0.2) is 26.4 Å². The van der Waals surface area contributed by atoms with Crippen LogP contribution in [0.4, 0.5) is 11.4 Å². The molecule has 3 aromatic carbocycles. The van der Waals surface area contributed by atoms with Crippen molar-refractivity contribution in [2.75, 3.05) is 30.2 Å². The zero-order valence-corrected chi connectivity index (χ0v) is 16.7. The molecule has 0 saturated carbocycles. The summed E-state index contributed by atoms with van der Waals surface area (Å²) in [6, 6.07) is 28.6. The highest BCUT2D eigenvalue weighted by Crippen LogP contribution is 2.38. The second kappa shape index (κ2) is 8.49. The van der Waals surface area contributed by atoms with Crippen molar-refractivity contribution < 1.29 is 4.74 Å². The lowest BCUT2D eigenvalue weighted by Crippen LogP contribution is -2.42. The molecule has 1 heterocycles. The molecule has 1 aliphatic heterocycles. The predicted octanol–water partition coefficient (Wildman–Crippen LogP) is 5.04. The van der Waals surface area contributed by atoms with Gasteiger partial charge in [-0.1, -0.05) is 72.3 Å². The third-order valence-electron chi connectivity index (χ3n) is 5.46. The highest BCUT2D eigenvalue weighted by molar-refractivity contribution is 5.76. The van der Waals surface area contributed by atoms with Crippen LogP contribution in [0.3, 0.4) is 0 Å². The molecule has 1 atom stereocenters. The number of hydrogen-bond donors (Lipinski definition) is 0. The van der Waals surface area contributed by atoms with Crippen LogP contribution in [0.15, 0.2) is 78.9 Å². The fourth-order valence-corrected chi connectivity index (χ4v) is 4.01. The lowest BCUT2D eigenvalue weighted by atomic mass is 10.0. The Bertz CT molecular complexity index is 892. The Hall–Kier alpha value is -2.78. The summed E-state index contributed by atoms with van der Waals surface area (Å²) in [5.74, 6) is 0. The van der Waals surface area contributed by atoms with E-state index in [1.54, 1.807) is 7.11 Å². The van der Waals surface area contributed by atoms with Gasteiger partial charge in [-0.2, -0.15) is 0 Å². The van der Waals surface area contributed by atoms with Crippen molar-refractivity contribution in [3.8, 4) is 0 Å². The molecule has 28 heavy (non-hydrogen) atoms. The zero-order valence-electron chi connectivity index (χ0n) is 16.7. The topological polar surface area (TPSA) is 15.7 Å². The minimum atomic E-state index is 0.302. The monoisotopic (exact) mass is 372 g/mol. The number of fused-ring (bicyclic) bond motifs is 1. The van der Waals surface area contributed by atoms with Gasteiger partial charge in [0, 0.05) is 13.7 Å². The van der Waals surface area contributed by atoms with Crippen LogP contribution in [-0.2, 0) is 17.7 Å². The quantitative estimate of drug-likeness (QED) is 0.578. The first-order valence-electron chi connectivity index (χ1n) is 9.93. The van der Waals surface area contributed by atoms with Crippen LogP contribution in [0.1, 0.15) is 16.7 Å². The van der Waals surface area contributed by atoms with E-state index in [4.69, 9.17) is 4.74 Å². The average molecular weight is 373 g/mol. The number of nitrogens with zero attached hydrogens (tertiary/aromatic N) is 2. The van der Waals surface area contributed by atoms with Crippen LogP contribution in [0, 0.1) is 6.92 Å². The van der Waals surface area contributed by atoms with Crippen molar-refractivity contribution in [1.82, 2.24) is 0 Å². The highest BCUT2D eigenvalue weighted by atomic mass is 16.5. The molecule has 0 fully saturated rings. The van der Waals surface area contributed by atoms with Crippen LogP contribution in [0.25, 0.3) is 0 Å². The Morgan fingerprint density at radius 1 is 0.821 bits per heavy atom. The summed E-state index contributed by atoms with van der Waals surface area (Å²) >= 11 is 0. The third-order valence-corrected chi connectivity index (χ3v) is 5.46. The molecule has 0 amide bonds. The molecule has 3 heteroatoms. The van der Waals surface area contributed by atoms with Crippen LogP contribution in [0.5, 0.6) is 0 Å². The number of methoxy groups -OCH3 is 1. The van der Waals surface area contributed by atoms with E-state index in [9.17, 15) is 0 Å². The van der Waals surface area contributed by atoms with E-state index in [0.717, 1.165) is 19.6 Å². The van der Waals surface area contributed by atoms with Gasteiger partial charge in [-0.05, 0) is 36.6 Å². The van der Waals surface area contributed by atoms with Gasteiger partial charge in [-0.25, -0.2) is 0 Å². The Labute approximate surface area is 168 Å². The minimum absolute atomic E-state index is 0.302. The van der Waals surface area contributed by atoms with Crippen molar-refractivity contribution in [2.24, 2.45) is 0 Å². The Morgan fingerprint density at radius 2 is 1.50 bits per heavy atom. The molecule has 3 nitrogen and oxygen atoms in total. The van der Waals surface area contributed by atoms with Crippen LogP contribution in [0.2, 0.25) is 0 Å². The number of aryl methyl sites for hydroxylation is 1. The van der Waals surface area contributed by atoms with Gasteiger partial charge in [0.15, 0.2) is 0 Å². The molecule has 0 bridgehead atoms. The summed E-state index contributed by atoms with van der Waals surface area (Å²) in [5, 5.41) is 0. The maximum atomic E-state index is 5.61. The first-order chi connectivity index (χ1) is 13.7. The van der Waals surface area contributed by atoms with Gasteiger partial charge in [-0.15, -0.1) is 0 Å². The molecule has 0 saturated heterocycles. The van der Waals surface area contributed by atoms with Gasteiger partial charge in [0.05, 0.1) is 30.7 Å². The Kier molecular flexibility index (Phi) is 5.63. The van der Waals surface area contributed by atoms with Gasteiger partial charge in [-0.3, -0.25) is 0 Å². The lowest BCUT2D eigenvalue weighted by molar-refractivity contribution is 0.176. The molecular formula is C25H28N2O. The SMILES string of the molecule is COC[C@H](Cc1ccccc1)N1CN(Cc2ccc(C)cc2)c2ccccc21. The molecule has 3 aromatic rings. The standard InChI is InChI=1S/C25H28N2O/c1-20-12-14-22(15-13-20)17-26-19-27(25-11-7-6-10-24(25)26)23(18-28-2)16-21-8-4-3-5-9-21/h3-15,23H,16-19H2,1-2H3/t23-/m0/s1. The van der Waals surface area contributed by atoms with Gasteiger partial charge < -0.3 is 14.5 Å². The van der Waals surface area contributed by atoms with Crippen molar-refractivity contribution in [3.63, 3.8) is 0 Å². The van der Waals surface area contributed by atoms with E-state index in [-0.39, 0.29) is 0 Å². The number of para-hydroxylation sites is 2. The molecule has 0 N–H and O–H groups in total. The van der Waals surface area contributed by atoms with Gasteiger partial charge in [0.1, 0.15) is 0 Å². The van der Waals surface area contributed by atoms with E-state index in [0.29, 0.717) is 12.6 Å². The Balaban J connectivity index is 1.59. The number of anilines is 2. The number of rotatable bonds is 7. The number of ether oxygens (including phenoxy) is 1. The summed E-state index contributed by atoms with van der Waals surface area (Å²) in [6.45, 7) is 4.64. The Morgan fingerprint density at radius 3 is 2.21 bits per heavy atom. The van der Waals surface area contributed by atoms with E-state index in [1.807, 2.05) is 0 Å². The minimum Gasteiger partial charge on any atom is -0.383 e. The summed E-state index contributed by atoms with van der Waals surface area (Å²) < 4.78 is 5.61. The van der Waals surface area contributed by atoms with Gasteiger partial charge >= 0.3 is 0 Å². The molecule has 0 spiro atoms. The fraction of sp³-hybridized carbons (Fsp3) is 0.280. The molecule has 0 aliphatic carbocycles. The van der Waals surface area contributed by atoms with Crippen molar-refractivity contribution in [2.45, 2.75) is 25.9 Å². The summed E-state index contributed by atoms with van der Waals surface area (Å²) in [6.07, 6.45) is 0.974. The smallest absolute Gasteiger partial charge is 0.0911 e. The van der Waals surface area contributed by atoms with Crippen LogP contribution < -0.4 is 9.80 Å². The van der Waals surface area contributed by atoms with Gasteiger partial charge in [0.25, 0.3) is 0 Å². The van der Waals surface area contributed by atoms with E-state index in [2.05, 4.69) is 95.6 Å². The lowest BCUT2D eigenvalue weighted by Gasteiger charge is -2.30. The molecule has 0 unspecified atom stereocenters. The first-order valence-corrected chi connectivity index (χ1v) is 9.93. The normalized spacial score (nSPS) is 14.2. The second-order valence-electron chi connectivity index (χ2n) is 7.58. The van der Waals surface area contributed by atoms with Gasteiger partial charge in [0.2, 0.25) is 0 Å². The van der Waals surface area contributed by atoms with Crippen molar-refractivity contribution >= 4 is 11.4 Å². The van der Waals surface area contributed by atoms with E-state index < -0.39 is 0 Å². The summed E-state index contributed by atoms with van der Waals surface area (Å²) in [5.41, 5.74) is 6.59. The third kappa shape index (κ3) is 4.05. The molecule has 4 rings (SSSR count). The first kappa shape index (κ1) is 18.6. The largest absolute Gasteiger partial charge is 0.383 e. The maximum absolute atomic E-state index is 5.61. The van der Waals surface area contributed by atoms with Crippen molar-refractivity contribution in [1.29, 1.82) is 0 Å². The maximum Gasteiger partial charge on any atom is 0.0911 e. The average Bonchev–Trinajstić information content (AvgIpc) is 3.09. The number of benzene rings is 3. The van der Waals surface area contributed by atoms with E-state index >= 15 is 0 Å². The fourth-order valence-electron chi connectivity index (χ4n) is 4.01. The molecular weight excluding hydrogens is 344 g/mol. The number of hydrogen-bond acceptors (Lipinski definition) is 3.